The molecule has 2 heterocycles. The third kappa shape index (κ3) is 5.58. The zero-order chi connectivity index (χ0) is 19.1. The standard InChI is InChI=1S/C19H22N2O5S/c22-16(21-17(19(23)24)14-7-4-8-25-9-14)12-27-11-15-10-26-18(20-15)13-5-2-1-3-6-13/h1-3,5-6,10,14,17H,4,7-9,11-12H2,(H,21,22)(H,23,24). The highest BCUT2D eigenvalue weighted by atomic mass is 32.2. The fourth-order valence-electron chi connectivity index (χ4n) is 2.96. The number of aromatic nitrogens is 1. The number of aliphatic carboxylic acids is 1. The number of nitrogens with zero attached hydrogens (tertiary/aromatic N) is 1. The van der Waals surface area contributed by atoms with Gasteiger partial charge in [0, 0.05) is 23.8 Å². The first-order valence-electron chi connectivity index (χ1n) is 8.81. The Morgan fingerprint density at radius 2 is 2.15 bits per heavy atom. The molecule has 0 bridgehead atoms. The molecule has 2 N–H and O–H groups in total. The molecule has 0 saturated carbocycles. The van der Waals surface area contributed by atoms with E-state index >= 15 is 0 Å². The number of amides is 1. The molecular weight excluding hydrogens is 368 g/mol. The van der Waals surface area contributed by atoms with Crippen molar-refractivity contribution < 1.29 is 23.8 Å². The van der Waals surface area contributed by atoms with E-state index in [-0.39, 0.29) is 17.6 Å². The molecule has 1 aliphatic rings. The van der Waals surface area contributed by atoms with E-state index in [1.54, 1.807) is 6.26 Å². The molecule has 1 saturated heterocycles. The Balaban J connectivity index is 1.46. The van der Waals surface area contributed by atoms with Crippen molar-refractivity contribution in [2.24, 2.45) is 5.92 Å². The lowest BCUT2D eigenvalue weighted by Crippen LogP contribution is -2.48. The van der Waals surface area contributed by atoms with Crippen molar-refractivity contribution in [2.45, 2.75) is 24.6 Å². The monoisotopic (exact) mass is 390 g/mol. The Kier molecular flexibility index (Phi) is 6.89. The molecule has 8 heteroatoms. The van der Waals surface area contributed by atoms with Gasteiger partial charge >= 0.3 is 5.97 Å². The Labute approximate surface area is 161 Å². The number of carbonyl (C=O) groups excluding carboxylic acids is 1. The van der Waals surface area contributed by atoms with E-state index in [0.717, 1.165) is 24.1 Å². The lowest BCUT2D eigenvalue weighted by atomic mass is 9.94. The van der Waals surface area contributed by atoms with E-state index in [9.17, 15) is 14.7 Å². The maximum Gasteiger partial charge on any atom is 0.326 e. The number of nitrogens with one attached hydrogen (secondary N) is 1. The summed E-state index contributed by atoms with van der Waals surface area (Å²) in [7, 11) is 0. The van der Waals surface area contributed by atoms with Crippen LogP contribution in [0.15, 0.2) is 41.0 Å². The summed E-state index contributed by atoms with van der Waals surface area (Å²) in [6, 6.07) is 8.67. The van der Waals surface area contributed by atoms with Gasteiger partial charge in [0.25, 0.3) is 0 Å². The second-order valence-corrected chi connectivity index (χ2v) is 7.35. The molecule has 1 amide bonds. The smallest absolute Gasteiger partial charge is 0.326 e. The minimum absolute atomic E-state index is 0.158. The first-order valence-corrected chi connectivity index (χ1v) is 9.96. The van der Waals surface area contributed by atoms with E-state index in [4.69, 9.17) is 9.15 Å². The molecule has 0 aliphatic carbocycles. The Hall–Kier alpha value is -2.32. The predicted molar refractivity (Wildman–Crippen MR) is 101 cm³/mol. The molecule has 144 valence electrons. The van der Waals surface area contributed by atoms with E-state index in [0.29, 0.717) is 24.9 Å². The highest BCUT2D eigenvalue weighted by Gasteiger charge is 2.31. The molecule has 2 aromatic rings. The molecule has 1 aromatic heterocycles. The summed E-state index contributed by atoms with van der Waals surface area (Å²) in [6.45, 7) is 1.01. The molecule has 3 rings (SSSR count). The third-order valence-electron chi connectivity index (χ3n) is 4.31. The van der Waals surface area contributed by atoms with Gasteiger partial charge in [-0.15, -0.1) is 11.8 Å². The number of rotatable bonds is 8. The van der Waals surface area contributed by atoms with Crippen LogP contribution in [0.5, 0.6) is 0 Å². The van der Waals surface area contributed by atoms with Gasteiger partial charge in [-0.25, -0.2) is 9.78 Å². The van der Waals surface area contributed by atoms with Crippen LogP contribution in [-0.2, 0) is 20.1 Å². The molecule has 1 aromatic carbocycles. The highest BCUT2D eigenvalue weighted by Crippen LogP contribution is 2.21. The van der Waals surface area contributed by atoms with Crippen molar-refractivity contribution in [3.63, 3.8) is 0 Å². The van der Waals surface area contributed by atoms with Crippen LogP contribution in [-0.4, -0.2) is 47.0 Å². The average molecular weight is 390 g/mol. The average Bonchev–Trinajstić information content (AvgIpc) is 3.16. The molecule has 1 fully saturated rings. The predicted octanol–water partition coefficient (Wildman–Crippen LogP) is 2.57. The van der Waals surface area contributed by atoms with Crippen molar-refractivity contribution in [3.05, 3.63) is 42.3 Å². The van der Waals surface area contributed by atoms with E-state index in [2.05, 4.69) is 10.3 Å². The van der Waals surface area contributed by atoms with Gasteiger partial charge < -0.3 is 19.6 Å². The lowest BCUT2D eigenvalue weighted by molar-refractivity contribution is -0.144. The van der Waals surface area contributed by atoms with Gasteiger partial charge in [-0.3, -0.25) is 4.79 Å². The maximum absolute atomic E-state index is 12.1. The van der Waals surface area contributed by atoms with Crippen LogP contribution >= 0.6 is 11.8 Å². The number of ether oxygens (including phenoxy) is 1. The van der Waals surface area contributed by atoms with Gasteiger partial charge in [0.05, 0.1) is 18.1 Å². The van der Waals surface area contributed by atoms with Gasteiger partial charge in [-0.05, 0) is 25.0 Å². The molecule has 0 spiro atoms. The van der Waals surface area contributed by atoms with Gasteiger partial charge in [0.1, 0.15) is 12.3 Å². The first kappa shape index (κ1) is 19.4. The van der Waals surface area contributed by atoms with Crippen LogP contribution in [0, 0.1) is 5.92 Å². The van der Waals surface area contributed by atoms with Crippen LogP contribution in [0.25, 0.3) is 11.5 Å². The molecule has 2 unspecified atom stereocenters. The number of hydrogen-bond donors (Lipinski definition) is 2. The van der Waals surface area contributed by atoms with E-state index in [1.165, 1.54) is 11.8 Å². The normalized spacial score (nSPS) is 18.0. The molecular formula is C19H22N2O5S. The lowest BCUT2D eigenvalue weighted by Gasteiger charge is -2.28. The number of oxazole rings is 1. The van der Waals surface area contributed by atoms with Crippen LogP contribution in [0.4, 0.5) is 0 Å². The van der Waals surface area contributed by atoms with Crippen molar-refractivity contribution >= 4 is 23.6 Å². The van der Waals surface area contributed by atoms with Gasteiger partial charge in [-0.2, -0.15) is 0 Å². The van der Waals surface area contributed by atoms with E-state index < -0.39 is 12.0 Å². The fourth-order valence-corrected chi connectivity index (χ4v) is 3.67. The maximum atomic E-state index is 12.1. The molecule has 27 heavy (non-hydrogen) atoms. The summed E-state index contributed by atoms with van der Waals surface area (Å²) in [6.07, 6.45) is 3.13. The van der Waals surface area contributed by atoms with Crippen LogP contribution in [0.3, 0.4) is 0 Å². The van der Waals surface area contributed by atoms with E-state index in [1.807, 2.05) is 30.3 Å². The third-order valence-corrected chi connectivity index (χ3v) is 5.27. The molecule has 2 atom stereocenters. The van der Waals surface area contributed by atoms with Crippen molar-refractivity contribution in [2.75, 3.05) is 19.0 Å². The quantitative estimate of drug-likeness (QED) is 0.714. The van der Waals surface area contributed by atoms with Gasteiger partial charge in [0.15, 0.2) is 0 Å². The Morgan fingerprint density at radius 3 is 2.85 bits per heavy atom. The van der Waals surface area contributed by atoms with Crippen LogP contribution in [0.2, 0.25) is 0 Å². The molecule has 1 aliphatic heterocycles. The minimum atomic E-state index is -1.02. The summed E-state index contributed by atoms with van der Waals surface area (Å²) in [5, 5.41) is 12.0. The summed E-state index contributed by atoms with van der Waals surface area (Å²) in [4.78, 5) is 28.0. The fraction of sp³-hybridized carbons (Fsp3) is 0.421. The zero-order valence-corrected chi connectivity index (χ0v) is 15.6. The number of carbonyl (C=O) groups is 2. The van der Waals surface area contributed by atoms with Gasteiger partial charge in [-0.1, -0.05) is 18.2 Å². The zero-order valence-electron chi connectivity index (χ0n) is 14.8. The van der Waals surface area contributed by atoms with Crippen molar-refractivity contribution in [3.8, 4) is 11.5 Å². The minimum Gasteiger partial charge on any atom is -0.480 e. The summed E-state index contributed by atoms with van der Waals surface area (Å²) >= 11 is 1.36. The molecule has 0 radical (unpaired) electrons. The SMILES string of the molecule is O=C(CSCc1coc(-c2ccccc2)n1)NC(C(=O)O)C1CCCOC1. The topological polar surface area (TPSA) is 102 Å². The summed E-state index contributed by atoms with van der Waals surface area (Å²) in [5.41, 5.74) is 1.63. The van der Waals surface area contributed by atoms with Crippen LogP contribution < -0.4 is 5.32 Å². The molecule has 7 nitrogen and oxygen atoms in total. The summed E-state index contributed by atoms with van der Waals surface area (Å²) in [5.74, 6) is -0.301. The first-order chi connectivity index (χ1) is 13.1. The summed E-state index contributed by atoms with van der Waals surface area (Å²) < 4.78 is 10.8. The number of thioether (sulfide) groups is 1. The van der Waals surface area contributed by atoms with Gasteiger partial charge in [0.2, 0.25) is 11.8 Å². The number of carboxylic acid groups (broad SMARTS) is 1. The highest BCUT2D eigenvalue weighted by molar-refractivity contribution is 7.99. The number of carboxylic acids is 1. The van der Waals surface area contributed by atoms with Crippen molar-refractivity contribution in [1.82, 2.24) is 10.3 Å². The van der Waals surface area contributed by atoms with Crippen LogP contribution in [0.1, 0.15) is 18.5 Å². The largest absolute Gasteiger partial charge is 0.480 e. The number of benzene rings is 1. The Bertz CT molecular complexity index is 758. The second-order valence-electron chi connectivity index (χ2n) is 6.36. The number of hydrogen-bond acceptors (Lipinski definition) is 6. The van der Waals surface area contributed by atoms with Crippen molar-refractivity contribution in [1.29, 1.82) is 0 Å². The Morgan fingerprint density at radius 1 is 1.33 bits per heavy atom. The second kappa shape index (κ2) is 9.57.